The molecule has 2 fully saturated rings. The smallest absolute Gasteiger partial charge is 0.333 e. The van der Waals surface area contributed by atoms with E-state index in [1.807, 2.05) is 6.92 Å². The van der Waals surface area contributed by atoms with Crippen LogP contribution < -0.4 is 0 Å². The summed E-state index contributed by atoms with van der Waals surface area (Å²) in [5.41, 5.74) is 0. The third kappa shape index (κ3) is 3.35. The molecule has 2 rings (SSSR count). The highest BCUT2D eigenvalue weighted by Crippen LogP contribution is 2.37. The van der Waals surface area contributed by atoms with Crippen molar-refractivity contribution < 1.29 is 14.3 Å². The van der Waals surface area contributed by atoms with Crippen molar-refractivity contribution >= 4 is 23.6 Å². The molecule has 0 bridgehead atoms. The molecular formula is C14H22N2O3S. The van der Waals surface area contributed by atoms with Crippen LogP contribution in [0.5, 0.6) is 0 Å². The molecule has 2 aliphatic heterocycles. The zero-order valence-electron chi connectivity index (χ0n) is 12.1. The molecule has 0 radical (unpaired) electrons. The second-order valence-corrected chi connectivity index (χ2v) is 5.98. The molecule has 2 saturated heterocycles. The van der Waals surface area contributed by atoms with Crippen molar-refractivity contribution in [1.82, 2.24) is 9.80 Å². The molecule has 0 aliphatic carbocycles. The molecule has 6 heteroatoms. The maximum absolute atomic E-state index is 12.5. The predicted octanol–water partition coefficient (Wildman–Crippen LogP) is 1.80. The van der Waals surface area contributed by atoms with E-state index in [0.29, 0.717) is 18.2 Å². The van der Waals surface area contributed by atoms with Gasteiger partial charge >= 0.3 is 5.97 Å². The number of rotatable bonds is 4. The van der Waals surface area contributed by atoms with Crippen LogP contribution in [0.1, 0.15) is 33.1 Å². The van der Waals surface area contributed by atoms with E-state index >= 15 is 0 Å². The Kier molecular flexibility index (Phi) is 5.48. The highest BCUT2D eigenvalue weighted by Gasteiger charge is 2.40. The zero-order chi connectivity index (χ0) is 14.5. The average Bonchev–Trinajstić information content (AvgIpc) is 2.76. The molecule has 0 spiro atoms. The normalized spacial score (nSPS) is 26.3. The minimum Gasteiger partial charge on any atom is -0.463 e. The van der Waals surface area contributed by atoms with Crippen molar-refractivity contribution in [1.29, 1.82) is 0 Å². The molecule has 1 atom stereocenters. The van der Waals surface area contributed by atoms with E-state index in [2.05, 4.69) is 4.90 Å². The minimum absolute atomic E-state index is 0.0925. The molecule has 5 nitrogen and oxygen atoms in total. The molecule has 0 N–H and O–H groups in total. The third-order valence-electron chi connectivity index (χ3n) is 3.54. The quantitative estimate of drug-likeness (QED) is 0.585. The standard InChI is InChI=1S/C14H22N2O3S/c1-3-16-11(10-12(17)19-4-2)20-14(13(16)18)15-8-6-5-7-9-15/h10,14H,3-9H2,1-2H3/t14-/m0/s1. The van der Waals surface area contributed by atoms with Gasteiger partial charge in [-0.15, -0.1) is 0 Å². The van der Waals surface area contributed by atoms with Gasteiger partial charge in [0.05, 0.1) is 17.7 Å². The van der Waals surface area contributed by atoms with Crippen LogP contribution in [0.25, 0.3) is 0 Å². The van der Waals surface area contributed by atoms with E-state index in [1.165, 1.54) is 24.3 Å². The molecule has 2 heterocycles. The third-order valence-corrected chi connectivity index (χ3v) is 4.84. The Morgan fingerprint density at radius 1 is 1.35 bits per heavy atom. The van der Waals surface area contributed by atoms with Crippen molar-refractivity contribution in [3.63, 3.8) is 0 Å². The van der Waals surface area contributed by atoms with Crippen LogP contribution in [0.2, 0.25) is 0 Å². The monoisotopic (exact) mass is 298 g/mol. The first-order valence-corrected chi connectivity index (χ1v) is 8.15. The van der Waals surface area contributed by atoms with Gasteiger partial charge < -0.3 is 9.64 Å². The highest BCUT2D eigenvalue weighted by molar-refractivity contribution is 8.04. The van der Waals surface area contributed by atoms with Gasteiger partial charge in [0.1, 0.15) is 5.37 Å². The summed E-state index contributed by atoms with van der Waals surface area (Å²) in [6.45, 7) is 6.57. The summed E-state index contributed by atoms with van der Waals surface area (Å²) in [7, 11) is 0. The number of likely N-dealkylation sites (N-methyl/N-ethyl adjacent to an activating group) is 1. The number of likely N-dealkylation sites (tertiary alicyclic amines) is 1. The lowest BCUT2D eigenvalue weighted by Crippen LogP contribution is -2.43. The number of nitrogens with zero attached hydrogens (tertiary/aromatic N) is 2. The van der Waals surface area contributed by atoms with Gasteiger partial charge in [-0.25, -0.2) is 4.79 Å². The molecule has 20 heavy (non-hydrogen) atoms. The molecule has 112 valence electrons. The predicted molar refractivity (Wildman–Crippen MR) is 78.9 cm³/mol. The second-order valence-electron chi connectivity index (χ2n) is 4.88. The van der Waals surface area contributed by atoms with Crippen LogP contribution in [0, 0.1) is 0 Å². The summed E-state index contributed by atoms with van der Waals surface area (Å²) in [5, 5.41) is 0.544. The van der Waals surface area contributed by atoms with E-state index in [1.54, 1.807) is 11.8 Å². The first-order chi connectivity index (χ1) is 9.67. The van der Waals surface area contributed by atoms with Crippen molar-refractivity contribution in [2.45, 2.75) is 38.5 Å². The van der Waals surface area contributed by atoms with Crippen LogP contribution in [0.15, 0.2) is 11.1 Å². The van der Waals surface area contributed by atoms with Gasteiger partial charge in [-0.1, -0.05) is 18.2 Å². The van der Waals surface area contributed by atoms with E-state index in [0.717, 1.165) is 25.9 Å². The number of piperidine rings is 1. The van der Waals surface area contributed by atoms with Gasteiger partial charge in [-0.2, -0.15) is 0 Å². The number of carbonyl (C=O) groups excluding carboxylic acids is 2. The number of thioether (sulfide) groups is 1. The van der Waals surface area contributed by atoms with E-state index in [4.69, 9.17) is 4.74 Å². The molecule has 0 saturated carbocycles. The van der Waals surface area contributed by atoms with Crippen molar-refractivity contribution in [3.05, 3.63) is 11.1 Å². The molecule has 0 aromatic rings. The second kappa shape index (κ2) is 7.13. The van der Waals surface area contributed by atoms with Crippen LogP contribution in [-0.4, -0.2) is 53.3 Å². The van der Waals surface area contributed by atoms with Gasteiger partial charge in [0.25, 0.3) is 5.91 Å². The Bertz CT molecular complexity index is 405. The van der Waals surface area contributed by atoms with Crippen molar-refractivity contribution in [2.75, 3.05) is 26.2 Å². The van der Waals surface area contributed by atoms with E-state index < -0.39 is 0 Å². The van der Waals surface area contributed by atoms with Crippen LogP contribution >= 0.6 is 11.8 Å². The summed E-state index contributed by atoms with van der Waals surface area (Å²) < 4.78 is 4.93. The maximum atomic E-state index is 12.5. The molecule has 0 aromatic heterocycles. The summed E-state index contributed by atoms with van der Waals surface area (Å²) in [5.74, 6) is -0.282. The molecule has 1 amide bonds. The Labute approximate surface area is 124 Å². The first kappa shape index (κ1) is 15.4. The van der Waals surface area contributed by atoms with Gasteiger partial charge in [-0.3, -0.25) is 9.69 Å². The van der Waals surface area contributed by atoms with Gasteiger partial charge in [-0.05, 0) is 39.8 Å². The summed E-state index contributed by atoms with van der Waals surface area (Å²) in [6, 6.07) is 0. The number of hydrogen-bond acceptors (Lipinski definition) is 5. The number of esters is 1. The van der Waals surface area contributed by atoms with E-state index in [9.17, 15) is 9.59 Å². The fraction of sp³-hybridized carbons (Fsp3) is 0.714. The van der Waals surface area contributed by atoms with Gasteiger partial charge in [0, 0.05) is 6.54 Å². The fourth-order valence-electron chi connectivity index (χ4n) is 2.56. The number of hydrogen-bond donors (Lipinski definition) is 0. The molecule has 2 aliphatic rings. The lowest BCUT2D eigenvalue weighted by Gasteiger charge is -2.29. The summed E-state index contributed by atoms with van der Waals surface area (Å²) in [4.78, 5) is 28.0. The Morgan fingerprint density at radius 3 is 2.65 bits per heavy atom. The van der Waals surface area contributed by atoms with Crippen LogP contribution in [-0.2, 0) is 14.3 Å². The van der Waals surface area contributed by atoms with E-state index in [-0.39, 0.29) is 17.3 Å². The van der Waals surface area contributed by atoms with Gasteiger partial charge in [0.15, 0.2) is 0 Å². The van der Waals surface area contributed by atoms with Crippen molar-refractivity contribution in [2.24, 2.45) is 0 Å². The van der Waals surface area contributed by atoms with Crippen LogP contribution in [0.4, 0.5) is 0 Å². The van der Waals surface area contributed by atoms with Crippen LogP contribution in [0.3, 0.4) is 0 Å². The molecule has 0 aromatic carbocycles. The fourth-order valence-corrected chi connectivity index (χ4v) is 3.89. The topological polar surface area (TPSA) is 49.9 Å². The van der Waals surface area contributed by atoms with Gasteiger partial charge in [0.2, 0.25) is 0 Å². The number of carbonyl (C=O) groups is 2. The highest BCUT2D eigenvalue weighted by atomic mass is 32.2. The Morgan fingerprint density at radius 2 is 2.05 bits per heavy atom. The molecule has 0 unspecified atom stereocenters. The Hall–Kier alpha value is -1.01. The summed E-state index contributed by atoms with van der Waals surface area (Å²) in [6.07, 6.45) is 4.98. The minimum atomic E-state index is -0.374. The molecular weight excluding hydrogens is 276 g/mol. The largest absolute Gasteiger partial charge is 0.463 e. The lowest BCUT2D eigenvalue weighted by atomic mass is 10.1. The van der Waals surface area contributed by atoms with Crippen molar-refractivity contribution in [3.8, 4) is 0 Å². The SMILES string of the molecule is CCOC(=O)C=C1S[C@H](N2CCCCC2)C(=O)N1CC. The Balaban J connectivity index is 2.10. The lowest BCUT2D eigenvalue weighted by molar-refractivity contribution is -0.137. The maximum Gasteiger partial charge on any atom is 0.333 e. The number of amides is 1. The number of ether oxygens (including phenoxy) is 1. The first-order valence-electron chi connectivity index (χ1n) is 7.28. The zero-order valence-corrected chi connectivity index (χ0v) is 12.9. The average molecular weight is 298 g/mol. The summed E-state index contributed by atoms with van der Waals surface area (Å²) >= 11 is 1.47.